The lowest BCUT2D eigenvalue weighted by atomic mass is 9.69. The molecule has 2 aromatic carbocycles. The third-order valence-corrected chi connectivity index (χ3v) is 8.70. The van der Waals surface area contributed by atoms with Gasteiger partial charge in [0.2, 0.25) is 0 Å². The van der Waals surface area contributed by atoms with Gasteiger partial charge in [0, 0.05) is 12.6 Å². The zero-order valence-electron chi connectivity index (χ0n) is 17.8. The van der Waals surface area contributed by atoms with E-state index in [-0.39, 0.29) is 5.91 Å². The molecule has 2 aromatic rings. The molecule has 7 heteroatoms. The lowest BCUT2D eigenvalue weighted by Crippen LogP contribution is -2.41. The van der Waals surface area contributed by atoms with Crippen molar-refractivity contribution in [2.75, 3.05) is 20.1 Å². The second-order valence-electron chi connectivity index (χ2n) is 8.55. The van der Waals surface area contributed by atoms with Gasteiger partial charge in [0.1, 0.15) is 0 Å². The third kappa shape index (κ3) is 3.97. The predicted molar refractivity (Wildman–Crippen MR) is 122 cm³/mol. The molecule has 1 saturated carbocycles. The van der Waals surface area contributed by atoms with Gasteiger partial charge in [-0.05, 0) is 63.4 Å². The molecule has 0 unspecified atom stereocenters. The van der Waals surface area contributed by atoms with Gasteiger partial charge in [-0.2, -0.15) is 5.26 Å². The van der Waals surface area contributed by atoms with Crippen molar-refractivity contribution < 1.29 is 13.9 Å². The van der Waals surface area contributed by atoms with Gasteiger partial charge in [0.25, 0.3) is 5.91 Å². The Morgan fingerprint density at radius 3 is 2.42 bits per heavy atom. The summed E-state index contributed by atoms with van der Waals surface area (Å²) in [6.07, 6.45) is 4.22. The lowest BCUT2D eigenvalue weighted by molar-refractivity contribution is 0.0854. The van der Waals surface area contributed by atoms with Crippen LogP contribution >= 0.6 is 10.8 Å². The number of hydrogen-bond donors (Lipinski definition) is 2. The van der Waals surface area contributed by atoms with Gasteiger partial charge in [-0.25, -0.2) is 4.31 Å². The van der Waals surface area contributed by atoms with Crippen LogP contribution < -0.4 is 0 Å². The van der Waals surface area contributed by atoms with Crippen molar-refractivity contribution in [3.63, 3.8) is 0 Å². The number of nitrogens with zero attached hydrogens (tertiary/aromatic N) is 3. The summed E-state index contributed by atoms with van der Waals surface area (Å²) in [7, 11) is -1.16. The average molecular weight is 440 g/mol. The van der Waals surface area contributed by atoms with Gasteiger partial charge < -0.3 is 4.90 Å². The Balaban J connectivity index is 1.31. The number of hydrogen-bond acceptors (Lipinski definition) is 5. The van der Waals surface area contributed by atoms with E-state index in [9.17, 15) is 19.2 Å². The smallest absolute Gasteiger partial charge is 0.274 e. The molecule has 1 aliphatic heterocycles. The second-order valence-corrected chi connectivity index (χ2v) is 10.5. The first-order valence-electron chi connectivity index (χ1n) is 10.8. The summed E-state index contributed by atoms with van der Waals surface area (Å²) in [4.78, 5) is 15.2. The molecule has 164 valence electrons. The molecule has 0 radical (unpaired) electrons. The Kier molecular flexibility index (Phi) is 6.09. The summed E-state index contributed by atoms with van der Waals surface area (Å²) in [5, 5.41) is 9.88. The van der Waals surface area contributed by atoms with E-state index in [4.69, 9.17) is 0 Å². The Bertz CT molecular complexity index is 981. The minimum atomic E-state index is -3.24. The van der Waals surface area contributed by atoms with Crippen LogP contribution in [0, 0.1) is 11.3 Å². The second kappa shape index (κ2) is 8.64. The van der Waals surface area contributed by atoms with E-state index < -0.39 is 16.2 Å². The molecule has 4 rings (SSSR count). The predicted octanol–water partition coefficient (Wildman–Crippen LogP) is 4.89. The first-order valence-corrected chi connectivity index (χ1v) is 12.3. The summed E-state index contributed by atoms with van der Waals surface area (Å²) >= 11 is 0. The van der Waals surface area contributed by atoms with Crippen LogP contribution in [0.2, 0.25) is 0 Å². The fourth-order valence-electron chi connectivity index (χ4n) is 4.88. The molecule has 0 atom stereocenters. The Labute approximate surface area is 185 Å². The van der Waals surface area contributed by atoms with Crippen LogP contribution in [0.3, 0.4) is 0 Å². The molecule has 2 aliphatic rings. The Morgan fingerprint density at radius 1 is 1.13 bits per heavy atom. The van der Waals surface area contributed by atoms with Gasteiger partial charge in [0.05, 0.1) is 21.9 Å². The summed E-state index contributed by atoms with van der Waals surface area (Å²) < 4.78 is 22.4. The zero-order valence-corrected chi connectivity index (χ0v) is 18.6. The SMILES string of the molecule is CN(CCCN1C(=O)c2ccccc2S1(O)O)C1CCC(C#N)(c2ccccc2)CC1. The highest BCUT2D eigenvalue weighted by atomic mass is 32.3. The van der Waals surface area contributed by atoms with Gasteiger partial charge in [-0.3, -0.25) is 13.9 Å². The van der Waals surface area contributed by atoms with E-state index in [0.717, 1.165) is 37.8 Å². The van der Waals surface area contributed by atoms with Crippen molar-refractivity contribution in [3.8, 4) is 6.07 Å². The first kappa shape index (κ1) is 21.8. The number of nitriles is 1. The highest BCUT2D eigenvalue weighted by Gasteiger charge is 2.41. The molecule has 1 fully saturated rings. The standard InChI is InChI=1S/C24H29N3O3S/c1-26(20-12-14-24(18-25,15-13-20)19-8-3-2-4-9-19)16-7-17-27-23(28)21-10-5-6-11-22(21)31(27,29)30/h2-6,8-11,20,29-30H,7,12-17H2,1H3. The molecular formula is C24H29N3O3S. The van der Waals surface area contributed by atoms with E-state index >= 15 is 0 Å². The molecule has 31 heavy (non-hydrogen) atoms. The maximum atomic E-state index is 12.6. The molecule has 1 amide bonds. The molecule has 0 bridgehead atoms. The molecule has 0 saturated heterocycles. The van der Waals surface area contributed by atoms with Crippen LogP contribution in [0.25, 0.3) is 0 Å². The summed E-state index contributed by atoms with van der Waals surface area (Å²) in [6, 6.07) is 19.8. The van der Waals surface area contributed by atoms with E-state index in [2.05, 4.69) is 30.1 Å². The largest absolute Gasteiger partial charge is 0.303 e. The van der Waals surface area contributed by atoms with Crippen molar-refractivity contribution in [1.29, 1.82) is 5.26 Å². The van der Waals surface area contributed by atoms with Crippen LogP contribution in [-0.4, -0.2) is 50.4 Å². The minimum Gasteiger partial charge on any atom is -0.303 e. The molecular weight excluding hydrogens is 410 g/mol. The normalized spacial score (nSPS) is 25.8. The summed E-state index contributed by atoms with van der Waals surface area (Å²) in [5.74, 6) is -0.308. The van der Waals surface area contributed by atoms with E-state index in [1.165, 1.54) is 4.31 Å². The van der Waals surface area contributed by atoms with Crippen LogP contribution in [-0.2, 0) is 5.41 Å². The third-order valence-electron chi connectivity index (χ3n) is 6.79. The van der Waals surface area contributed by atoms with Crippen molar-refractivity contribution >= 4 is 16.7 Å². The number of rotatable bonds is 6. The molecule has 1 aliphatic carbocycles. The van der Waals surface area contributed by atoms with Crippen LogP contribution in [0.5, 0.6) is 0 Å². The number of fused-ring (bicyclic) bond motifs is 1. The quantitative estimate of drug-likeness (QED) is 0.669. The molecule has 6 nitrogen and oxygen atoms in total. The van der Waals surface area contributed by atoms with Gasteiger partial charge in [0.15, 0.2) is 0 Å². The Hall–Kier alpha value is -2.37. The van der Waals surface area contributed by atoms with E-state index in [1.807, 2.05) is 18.2 Å². The van der Waals surface area contributed by atoms with Gasteiger partial charge in [-0.1, -0.05) is 53.2 Å². The van der Waals surface area contributed by atoms with Crippen LogP contribution in [0.4, 0.5) is 0 Å². The first-order chi connectivity index (χ1) is 14.9. The van der Waals surface area contributed by atoms with E-state index in [1.54, 1.807) is 24.3 Å². The number of benzene rings is 2. The lowest BCUT2D eigenvalue weighted by Gasteiger charge is -2.40. The minimum absolute atomic E-state index is 0.305. The van der Waals surface area contributed by atoms with Crippen molar-refractivity contribution in [3.05, 3.63) is 65.7 Å². The van der Waals surface area contributed by atoms with Gasteiger partial charge in [-0.15, -0.1) is 0 Å². The van der Waals surface area contributed by atoms with Gasteiger partial charge >= 0.3 is 0 Å². The molecule has 0 spiro atoms. The maximum Gasteiger partial charge on any atom is 0.274 e. The summed E-state index contributed by atoms with van der Waals surface area (Å²) in [6.45, 7) is 1.06. The number of amides is 1. The molecule has 2 N–H and O–H groups in total. The molecule has 1 heterocycles. The Morgan fingerprint density at radius 2 is 1.77 bits per heavy atom. The topological polar surface area (TPSA) is 87.8 Å². The zero-order chi connectivity index (χ0) is 22.1. The van der Waals surface area contributed by atoms with E-state index in [0.29, 0.717) is 29.5 Å². The fraction of sp³-hybridized carbons (Fsp3) is 0.417. The van der Waals surface area contributed by atoms with Crippen LogP contribution in [0.1, 0.15) is 48.0 Å². The van der Waals surface area contributed by atoms with Crippen molar-refractivity contribution in [1.82, 2.24) is 9.21 Å². The highest BCUT2D eigenvalue weighted by Crippen LogP contribution is 2.58. The van der Waals surface area contributed by atoms with Crippen LogP contribution in [0.15, 0.2) is 59.5 Å². The van der Waals surface area contributed by atoms with Crippen molar-refractivity contribution in [2.24, 2.45) is 0 Å². The summed E-state index contributed by atoms with van der Waals surface area (Å²) in [5.41, 5.74) is 1.09. The number of carbonyl (C=O) groups excluding carboxylic acids is 1. The fourth-order valence-corrected chi connectivity index (χ4v) is 6.55. The highest BCUT2D eigenvalue weighted by molar-refractivity contribution is 8.23. The monoisotopic (exact) mass is 439 g/mol. The average Bonchev–Trinajstić information content (AvgIpc) is 3.00. The maximum absolute atomic E-state index is 12.6. The number of carbonyl (C=O) groups is 1. The molecule has 0 aromatic heterocycles. The van der Waals surface area contributed by atoms with Crippen molar-refractivity contribution in [2.45, 2.75) is 48.5 Å².